The third kappa shape index (κ3) is 4.47. The van der Waals surface area contributed by atoms with Crippen LogP contribution in [0.4, 0.5) is 0 Å². The Kier molecular flexibility index (Phi) is 6.33. The molecule has 2 aliphatic rings. The van der Waals surface area contributed by atoms with Gasteiger partial charge in [0.2, 0.25) is 0 Å². The third-order valence-corrected chi connectivity index (χ3v) is 6.38. The van der Waals surface area contributed by atoms with Gasteiger partial charge in [0.05, 0.1) is 15.5 Å². The summed E-state index contributed by atoms with van der Waals surface area (Å²) in [5.41, 5.74) is 1.01. The number of hydrogen-bond donors (Lipinski definition) is 2. The number of alkyl halides is 1. The number of fused-ring (bicyclic) bond motifs is 2. The molecular weight excluding hydrogens is 511 g/mol. The quantitative estimate of drug-likeness (QED) is 0.321. The summed E-state index contributed by atoms with van der Waals surface area (Å²) < 4.78 is 6.12. The molecule has 1 amide bonds. The molecule has 1 saturated heterocycles. The Hall–Kier alpha value is -2.40. The number of aromatic amines is 1. The highest BCUT2D eigenvalue weighted by Crippen LogP contribution is 2.34. The Bertz CT molecular complexity index is 1070. The SMILES string of the molecule is CN(C)CCOC1=CC2CN(C(=O)c3cc4c(C(=O)CI)n[nH]c4cc3O)CC2C=C1. The van der Waals surface area contributed by atoms with Gasteiger partial charge in [-0.2, -0.15) is 5.10 Å². The number of likely N-dealkylation sites (tertiary alicyclic amines) is 1. The van der Waals surface area contributed by atoms with Gasteiger partial charge in [0.25, 0.3) is 5.91 Å². The number of ketones is 1. The zero-order chi connectivity index (χ0) is 22.1. The number of halogens is 1. The number of ether oxygens (including phenoxy) is 1. The predicted molar refractivity (Wildman–Crippen MR) is 126 cm³/mol. The molecule has 1 aliphatic heterocycles. The molecule has 0 spiro atoms. The minimum absolute atomic E-state index is 0.122. The van der Waals surface area contributed by atoms with Gasteiger partial charge in [0.1, 0.15) is 23.8 Å². The number of hydrogen-bond acceptors (Lipinski definition) is 6. The van der Waals surface area contributed by atoms with Crippen molar-refractivity contribution in [3.05, 3.63) is 47.4 Å². The number of amides is 1. The van der Waals surface area contributed by atoms with Crippen LogP contribution in [-0.2, 0) is 4.74 Å². The number of phenols is 1. The topological polar surface area (TPSA) is 98.8 Å². The number of aromatic hydroxyl groups is 1. The Morgan fingerprint density at radius 2 is 2.10 bits per heavy atom. The lowest BCUT2D eigenvalue weighted by atomic mass is 9.91. The van der Waals surface area contributed by atoms with Crippen molar-refractivity contribution in [2.24, 2.45) is 11.8 Å². The first kappa shape index (κ1) is 21.8. The zero-order valence-electron chi connectivity index (χ0n) is 17.5. The molecule has 1 aromatic heterocycles. The van der Waals surface area contributed by atoms with Crippen molar-refractivity contribution in [2.75, 3.05) is 44.8 Å². The van der Waals surface area contributed by atoms with Gasteiger partial charge >= 0.3 is 0 Å². The molecule has 1 aliphatic carbocycles. The van der Waals surface area contributed by atoms with Crippen molar-refractivity contribution >= 4 is 45.2 Å². The molecule has 9 heteroatoms. The minimum Gasteiger partial charge on any atom is -0.507 e. The lowest BCUT2D eigenvalue weighted by molar-refractivity contribution is 0.0784. The van der Waals surface area contributed by atoms with Crippen LogP contribution >= 0.6 is 22.6 Å². The van der Waals surface area contributed by atoms with Crippen LogP contribution in [0.1, 0.15) is 20.8 Å². The molecule has 0 bridgehead atoms. The van der Waals surface area contributed by atoms with Crippen LogP contribution in [-0.4, -0.2) is 81.6 Å². The number of H-pyrrole nitrogens is 1. The Morgan fingerprint density at radius 1 is 1.32 bits per heavy atom. The second kappa shape index (κ2) is 8.99. The van der Waals surface area contributed by atoms with Gasteiger partial charge in [-0.15, -0.1) is 0 Å². The summed E-state index contributed by atoms with van der Waals surface area (Å²) >= 11 is 1.99. The smallest absolute Gasteiger partial charge is 0.257 e. The van der Waals surface area contributed by atoms with E-state index in [0.29, 0.717) is 36.3 Å². The number of carbonyl (C=O) groups is 2. The summed E-state index contributed by atoms with van der Waals surface area (Å²) in [6.45, 7) is 2.57. The molecule has 31 heavy (non-hydrogen) atoms. The molecule has 1 fully saturated rings. The van der Waals surface area contributed by atoms with Crippen molar-refractivity contribution in [3.8, 4) is 5.75 Å². The second-order valence-corrected chi connectivity index (χ2v) is 8.92. The maximum atomic E-state index is 13.2. The van der Waals surface area contributed by atoms with Crippen LogP contribution in [0.3, 0.4) is 0 Å². The first-order chi connectivity index (χ1) is 14.9. The van der Waals surface area contributed by atoms with E-state index in [4.69, 9.17) is 4.74 Å². The molecule has 4 rings (SSSR count). The van der Waals surface area contributed by atoms with Gasteiger partial charge < -0.3 is 19.6 Å². The van der Waals surface area contributed by atoms with Gasteiger partial charge in [-0.05, 0) is 32.3 Å². The molecule has 1 aromatic carbocycles. The van der Waals surface area contributed by atoms with E-state index in [1.807, 2.05) is 42.8 Å². The third-order valence-electron chi connectivity index (χ3n) is 5.69. The lowest BCUT2D eigenvalue weighted by Crippen LogP contribution is -2.29. The van der Waals surface area contributed by atoms with E-state index in [1.165, 1.54) is 6.07 Å². The summed E-state index contributed by atoms with van der Waals surface area (Å²) in [6, 6.07) is 3.03. The number of nitrogens with zero attached hydrogens (tertiary/aromatic N) is 3. The largest absolute Gasteiger partial charge is 0.507 e. The molecule has 2 atom stereocenters. The molecule has 8 nitrogen and oxygen atoms in total. The van der Waals surface area contributed by atoms with E-state index in [0.717, 1.165) is 12.3 Å². The highest BCUT2D eigenvalue weighted by molar-refractivity contribution is 14.1. The molecule has 2 N–H and O–H groups in total. The van der Waals surface area contributed by atoms with Gasteiger partial charge in [-0.1, -0.05) is 28.7 Å². The fourth-order valence-electron chi connectivity index (χ4n) is 4.00. The van der Waals surface area contributed by atoms with Crippen molar-refractivity contribution in [2.45, 2.75) is 0 Å². The number of aromatic nitrogens is 2. The van der Waals surface area contributed by atoms with E-state index in [1.54, 1.807) is 11.0 Å². The number of rotatable bonds is 7. The average Bonchev–Trinajstić information content (AvgIpc) is 3.35. The average molecular weight is 536 g/mol. The van der Waals surface area contributed by atoms with Crippen LogP contribution in [0.2, 0.25) is 0 Å². The van der Waals surface area contributed by atoms with Crippen LogP contribution in [0.25, 0.3) is 10.9 Å². The summed E-state index contributed by atoms with van der Waals surface area (Å²) in [5, 5.41) is 17.8. The van der Waals surface area contributed by atoms with Crippen molar-refractivity contribution in [1.29, 1.82) is 0 Å². The van der Waals surface area contributed by atoms with Gasteiger partial charge in [-0.3, -0.25) is 14.7 Å². The standard InChI is InChI=1S/C22H25IN4O4/c1-26(2)5-6-31-15-4-3-13-11-27(12-14(13)7-15)22(30)17-8-16-18(9-19(17)28)24-25-21(16)20(29)10-23/h3-4,7-9,13-14,28H,5-6,10-12H2,1-2H3,(H,24,25). The van der Waals surface area contributed by atoms with Crippen molar-refractivity contribution in [3.63, 3.8) is 0 Å². The van der Waals surface area contributed by atoms with Crippen LogP contribution in [0, 0.1) is 11.8 Å². The fraction of sp³-hybridized carbons (Fsp3) is 0.409. The van der Waals surface area contributed by atoms with E-state index in [9.17, 15) is 14.7 Å². The summed E-state index contributed by atoms with van der Waals surface area (Å²) in [6.07, 6.45) is 6.16. The number of carbonyl (C=O) groups excluding carboxylic acids is 2. The zero-order valence-corrected chi connectivity index (χ0v) is 19.6. The molecule has 2 heterocycles. The number of likely N-dealkylation sites (N-methyl/N-ethyl adjacent to an activating group) is 1. The van der Waals surface area contributed by atoms with Crippen LogP contribution < -0.4 is 0 Å². The van der Waals surface area contributed by atoms with E-state index in [2.05, 4.69) is 27.2 Å². The molecule has 2 unspecified atom stereocenters. The highest BCUT2D eigenvalue weighted by Gasteiger charge is 2.35. The van der Waals surface area contributed by atoms with E-state index >= 15 is 0 Å². The molecule has 164 valence electrons. The first-order valence-electron chi connectivity index (χ1n) is 10.1. The predicted octanol–water partition coefficient (Wildman–Crippen LogP) is 2.61. The van der Waals surface area contributed by atoms with E-state index < -0.39 is 0 Å². The molecule has 2 aromatic rings. The minimum atomic E-state index is -0.250. The fourth-order valence-corrected chi connectivity index (χ4v) is 4.36. The first-order valence-corrected chi connectivity index (χ1v) is 11.7. The summed E-state index contributed by atoms with van der Waals surface area (Å²) in [7, 11) is 4.00. The van der Waals surface area contributed by atoms with Crippen molar-refractivity contribution in [1.82, 2.24) is 20.0 Å². The monoisotopic (exact) mass is 536 g/mol. The highest BCUT2D eigenvalue weighted by atomic mass is 127. The molecule has 0 saturated carbocycles. The Morgan fingerprint density at radius 3 is 2.84 bits per heavy atom. The van der Waals surface area contributed by atoms with E-state index in [-0.39, 0.29) is 39.3 Å². The summed E-state index contributed by atoms with van der Waals surface area (Å²) in [4.78, 5) is 29.2. The second-order valence-electron chi connectivity index (χ2n) is 8.16. The number of phenolic OH excluding ortho intramolecular Hbond substituents is 1. The maximum absolute atomic E-state index is 13.2. The number of allylic oxidation sites excluding steroid dienone is 1. The maximum Gasteiger partial charge on any atom is 0.257 e. The van der Waals surface area contributed by atoms with Crippen LogP contribution in [0.5, 0.6) is 5.75 Å². The van der Waals surface area contributed by atoms with Gasteiger partial charge in [0.15, 0.2) is 5.78 Å². The number of benzene rings is 1. The normalized spacial score (nSPS) is 20.3. The lowest BCUT2D eigenvalue weighted by Gasteiger charge is -2.18. The Balaban J connectivity index is 1.51. The van der Waals surface area contributed by atoms with Crippen LogP contribution in [0.15, 0.2) is 36.1 Å². The molecule has 0 radical (unpaired) electrons. The number of nitrogens with one attached hydrogen (secondary N) is 1. The van der Waals surface area contributed by atoms with Crippen molar-refractivity contribution < 1.29 is 19.4 Å². The summed E-state index contributed by atoms with van der Waals surface area (Å²) in [5.74, 6) is 0.741. The Labute approximate surface area is 194 Å². The number of Topliss-reactive ketones (excluding diaryl/α,β-unsaturated/α-hetero) is 1. The van der Waals surface area contributed by atoms with Gasteiger partial charge in [-0.25, -0.2) is 0 Å². The molecular formula is C22H25IN4O4. The van der Waals surface area contributed by atoms with Gasteiger partial charge in [0, 0.05) is 42.9 Å².